The molecule has 6 nitrogen and oxygen atoms in total. The van der Waals surface area contributed by atoms with Gasteiger partial charge in [-0.15, -0.1) is 0 Å². The van der Waals surface area contributed by atoms with Crippen molar-refractivity contribution in [2.75, 3.05) is 7.11 Å². The Labute approximate surface area is 132 Å². The van der Waals surface area contributed by atoms with Gasteiger partial charge < -0.3 is 14.6 Å². The number of Topliss-reactive ketones (excluding diaryl/α,β-unsaturated/α-hetero) is 1. The third kappa shape index (κ3) is 3.94. The van der Waals surface area contributed by atoms with Crippen LogP contribution in [0.2, 0.25) is 0 Å². The maximum atomic E-state index is 11.8. The van der Waals surface area contributed by atoms with Crippen LogP contribution in [0.25, 0.3) is 0 Å². The zero-order valence-electron chi connectivity index (χ0n) is 12.3. The average Bonchev–Trinajstić information content (AvgIpc) is 2.59. The summed E-state index contributed by atoms with van der Waals surface area (Å²) in [4.78, 5) is 34.1. The molecule has 0 saturated heterocycles. The van der Waals surface area contributed by atoms with E-state index in [0.717, 1.165) is 11.6 Å². The van der Waals surface area contributed by atoms with Gasteiger partial charge in [0.05, 0.1) is 7.11 Å². The number of carboxylic acids is 1. The molecule has 0 saturated carbocycles. The minimum Gasteiger partial charge on any atom is -0.488 e. The molecule has 2 rings (SSSR count). The molecule has 0 aliphatic rings. The number of ether oxygens (including phenoxy) is 2. The van der Waals surface area contributed by atoms with Crippen molar-refractivity contribution < 1.29 is 29.0 Å². The first-order chi connectivity index (χ1) is 11.0. The number of esters is 1. The number of carboxylic acid groups (broad SMARTS) is 1. The molecule has 2 aromatic carbocycles. The van der Waals surface area contributed by atoms with Crippen molar-refractivity contribution in [2.45, 2.75) is 6.61 Å². The first-order valence-electron chi connectivity index (χ1n) is 6.69. The van der Waals surface area contributed by atoms with Crippen molar-refractivity contribution in [1.29, 1.82) is 0 Å². The standard InChI is InChI=1S/C17H14O6/c1-22-17(21)13-9-12(15(18)16(19)20)7-8-14(13)23-10-11-5-3-2-4-6-11/h2-9H,10H2,1H3,(H,19,20). The number of rotatable bonds is 6. The van der Waals surface area contributed by atoms with Crippen LogP contribution in [-0.4, -0.2) is 29.9 Å². The molecule has 23 heavy (non-hydrogen) atoms. The second-order valence-corrected chi connectivity index (χ2v) is 4.61. The van der Waals surface area contributed by atoms with Crippen LogP contribution in [0.3, 0.4) is 0 Å². The molecule has 0 heterocycles. The van der Waals surface area contributed by atoms with Crippen LogP contribution < -0.4 is 4.74 Å². The molecule has 0 spiro atoms. The summed E-state index contributed by atoms with van der Waals surface area (Å²) in [6.45, 7) is 0.219. The normalized spacial score (nSPS) is 9.96. The Hall–Kier alpha value is -3.15. The van der Waals surface area contributed by atoms with Gasteiger partial charge in [0.25, 0.3) is 5.78 Å². The monoisotopic (exact) mass is 314 g/mol. The molecule has 1 N–H and O–H groups in total. The Morgan fingerprint density at radius 2 is 1.74 bits per heavy atom. The molecular formula is C17H14O6. The third-order valence-electron chi connectivity index (χ3n) is 3.08. The van der Waals surface area contributed by atoms with Crippen molar-refractivity contribution in [1.82, 2.24) is 0 Å². The molecule has 0 amide bonds. The van der Waals surface area contributed by atoms with Crippen molar-refractivity contribution in [3.8, 4) is 5.75 Å². The van der Waals surface area contributed by atoms with E-state index in [1.165, 1.54) is 19.2 Å². The Morgan fingerprint density at radius 3 is 2.35 bits per heavy atom. The lowest BCUT2D eigenvalue weighted by Gasteiger charge is -2.11. The number of carbonyl (C=O) groups excluding carboxylic acids is 2. The smallest absolute Gasteiger partial charge is 0.377 e. The lowest BCUT2D eigenvalue weighted by molar-refractivity contribution is -0.131. The second kappa shape index (κ2) is 7.22. The molecule has 0 radical (unpaired) electrons. The van der Waals surface area contributed by atoms with Crippen LogP contribution in [0.4, 0.5) is 0 Å². The number of ketones is 1. The fourth-order valence-corrected chi connectivity index (χ4v) is 1.93. The number of carbonyl (C=O) groups is 3. The average molecular weight is 314 g/mol. The highest BCUT2D eigenvalue weighted by atomic mass is 16.5. The molecular weight excluding hydrogens is 300 g/mol. The molecule has 0 aliphatic heterocycles. The van der Waals surface area contributed by atoms with Gasteiger partial charge in [-0.25, -0.2) is 9.59 Å². The zero-order chi connectivity index (χ0) is 16.8. The van der Waals surface area contributed by atoms with E-state index in [4.69, 9.17) is 9.84 Å². The quantitative estimate of drug-likeness (QED) is 0.500. The molecule has 0 atom stereocenters. The summed E-state index contributed by atoms with van der Waals surface area (Å²) >= 11 is 0. The van der Waals surface area contributed by atoms with E-state index >= 15 is 0 Å². The second-order valence-electron chi connectivity index (χ2n) is 4.61. The minimum atomic E-state index is -1.60. The molecule has 2 aromatic rings. The fourth-order valence-electron chi connectivity index (χ4n) is 1.93. The van der Waals surface area contributed by atoms with Gasteiger partial charge in [-0.1, -0.05) is 30.3 Å². The van der Waals surface area contributed by atoms with Gasteiger partial charge in [0, 0.05) is 5.56 Å². The largest absolute Gasteiger partial charge is 0.488 e. The highest BCUT2D eigenvalue weighted by Gasteiger charge is 2.20. The zero-order valence-corrected chi connectivity index (χ0v) is 12.3. The van der Waals surface area contributed by atoms with Crippen molar-refractivity contribution >= 4 is 17.7 Å². The summed E-state index contributed by atoms with van der Waals surface area (Å²) < 4.78 is 10.2. The molecule has 0 aromatic heterocycles. The lowest BCUT2D eigenvalue weighted by Crippen LogP contribution is -2.14. The number of aliphatic carboxylic acids is 1. The Kier molecular flexibility index (Phi) is 5.09. The first kappa shape index (κ1) is 16.2. The molecule has 118 valence electrons. The third-order valence-corrected chi connectivity index (χ3v) is 3.08. The topological polar surface area (TPSA) is 89.9 Å². The van der Waals surface area contributed by atoms with Crippen LogP contribution in [0, 0.1) is 0 Å². The maximum Gasteiger partial charge on any atom is 0.377 e. The predicted octanol–water partition coefficient (Wildman–Crippen LogP) is 2.32. The molecule has 0 fully saturated rings. The minimum absolute atomic E-state index is 0.00414. The van der Waals surface area contributed by atoms with Crippen LogP contribution >= 0.6 is 0 Å². The number of hydrogen-bond donors (Lipinski definition) is 1. The van der Waals surface area contributed by atoms with E-state index in [2.05, 4.69) is 4.74 Å². The van der Waals surface area contributed by atoms with Crippen molar-refractivity contribution in [3.05, 3.63) is 65.2 Å². The SMILES string of the molecule is COC(=O)c1cc(C(=O)C(=O)O)ccc1OCc1ccccc1. The van der Waals surface area contributed by atoms with Gasteiger partial charge in [0.1, 0.15) is 17.9 Å². The number of hydrogen-bond acceptors (Lipinski definition) is 5. The van der Waals surface area contributed by atoms with Crippen molar-refractivity contribution in [2.24, 2.45) is 0 Å². The van der Waals surface area contributed by atoms with Crippen LogP contribution in [0.5, 0.6) is 5.75 Å². The number of methoxy groups -OCH3 is 1. The predicted molar refractivity (Wildman–Crippen MR) is 80.5 cm³/mol. The lowest BCUT2D eigenvalue weighted by atomic mass is 10.1. The fraction of sp³-hybridized carbons (Fsp3) is 0.118. The van der Waals surface area contributed by atoms with E-state index < -0.39 is 17.7 Å². The molecule has 0 unspecified atom stereocenters. The van der Waals surface area contributed by atoms with E-state index in [9.17, 15) is 14.4 Å². The van der Waals surface area contributed by atoms with Gasteiger partial charge in [-0.2, -0.15) is 0 Å². The summed E-state index contributed by atoms with van der Waals surface area (Å²) in [6, 6.07) is 13.1. The summed E-state index contributed by atoms with van der Waals surface area (Å²) in [7, 11) is 1.19. The van der Waals surface area contributed by atoms with E-state index in [1.54, 1.807) is 0 Å². The Morgan fingerprint density at radius 1 is 1.04 bits per heavy atom. The van der Waals surface area contributed by atoms with Gasteiger partial charge in [0.2, 0.25) is 0 Å². The van der Waals surface area contributed by atoms with Crippen LogP contribution in [0.15, 0.2) is 48.5 Å². The molecule has 6 heteroatoms. The van der Waals surface area contributed by atoms with Gasteiger partial charge in [-0.05, 0) is 23.8 Å². The van der Waals surface area contributed by atoms with Crippen LogP contribution in [0.1, 0.15) is 26.3 Å². The molecule has 0 aliphatic carbocycles. The molecule has 0 bridgehead atoms. The summed E-state index contributed by atoms with van der Waals surface area (Å²) in [5.41, 5.74) is 0.773. The van der Waals surface area contributed by atoms with E-state index in [-0.39, 0.29) is 23.5 Å². The van der Waals surface area contributed by atoms with Crippen LogP contribution in [-0.2, 0) is 16.1 Å². The Balaban J connectivity index is 2.29. The highest BCUT2D eigenvalue weighted by molar-refractivity contribution is 6.40. The summed E-state index contributed by atoms with van der Waals surface area (Å²) in [5.74, 6) is -3.21. The van der Waals surface area contributed by atoms with Gasteiger partial charge >= 0.3 is 11.9 Å². The summed E-state index contributed by atoms with van der Waals surface area (Å²) in [5, 5.41) is 8.75. The van der Waals surface area contributed by atoms with Gasteiger partial charge in [0.15, 0.2) is 0 Å². The first-order valence-corrected chi connectivity index (χ1v) is 6.69. The number of benzene rings is 2. The maximum absolute atomic E-state index is 11.8. The summed E-state index contributed by atoms with van der Waals surface area (Å²) in [6.07, 6.45) is 0. The highest BCUT2D eigenvalue weighted by Crippen LogP contribution is 2.23. The van der Waals surface area contributed by atoms with E-state index in [1.807, 2.05) is 30.3 Å². The van der Waals surface area contributed by atoms with E-state index in [0.29, 0.717) is 0 Å². The van der Waals surface area contributed by atoms with Gasteiger partial charge in [-0.3, -0.25) is 4.79 Å². The Bertz CT molecular complexity index is 736. The van der Waals surface area contributed by atoms with Crippen molar-refractivity contribution in [3.63, 3.8) is 0 Å².